The Morgan fingerprint density at radius 2 is 1.41 bits per heavy atom. The lowest BCUT2D eigenvalue weighted by Gasteiger charge is -2.38. The molecule has 0 aromatic rings. The summed E-state index contributed by atoms with van der Waals surface area (Å²) in [6.45, 7) is 17.0. The highest BCUT2D eigenvalue weighted by Gasteiger charge is 2.34. The number of carbonyl (C=O) groups is 1. The highest BCUT2D eigenvalue weighted by Crippen LogP contribution is 2.31. The molecule has 1 unspecified atom stereocenters. The van der Waals surface area contributed by atoms with E-state index < -0.39 is 0 Å². The van der Waals surface area contributed by atoms with Crippen LogP contribution in [0.4, 0.5) is 0 Å². The van der Waals surface area contributed by atoms with Crippen molar-refractivity contribution in [1.82, 2.24) is 5.32 Å². The SMILES string of the molecule is CCC(C)(CC(C)(C)C)NC(=O)C(C)(C)CC. The number of nitrogens with one attached hydrogen (secondary N) is 1. The molecule has 0 aliphatic heterocycles. The standard InChI is InChI=1S/C15H31NO/c1-9-14(6,7)12(17)16-15(8,10-2)11-13(3,4)5/h9-11H2,1-8H3,(H,16,17). The Morgan fingerprint density at radius 3 is 1.71 bits per heavy atom. The molecule has 1 amide bonds. The van der Waals surface area contributed by atoms with E-state index in [1.165, 1.54) is 0 Å². The molecule has 2 heteroatoms. The Bertz CT molecular complexity index is 263. The molecule has 0 bridgehead atoms. The first kappa shape index (κ1) is 16.5. The van der Waals surface area contributed by atoms with Crippen molar-refractivity contribution in [3.05, 3.63) is 0 Å². The van der Waals surface area contributed by atoms with Crippen molar-refractivity contribution >= 4 is 5.91 Å². The molecule has 0 aromatic heterocycles. The van der Waals surface area contributed by atoms with E-state index >= 15 is 0 Å². The summed E-state index contributed by atoms with van der Waals surface area (Å²) < 4.78 is 0. The predicted molar refractivity (Wildman–Crippen MR) is 75.0 cm³/mol. The van der Waals surface area contributed by atoms with Crippen LogP contribution in [-0.4, -0.2) is 11.4 Å². The Morgan fingerprint density at radius 1 is 0.941 bits per heavy atom. The van der Waals surface area contributed by atoms with Gasteiger partial charge in [0.05, 0.1) is 0 Å². The van der Waals surface area contributed by atoms with Crippen LogP contribution in [-0.2, 0) is 4.79 Å². The van der Waals surface area contributed by atoms with Crippen molar-refractivity contribution in [2.75, 3.05) is 0 Å². The minimum Gasteiger partial charge on any atom is -0.350 e. The maximum Gasteiger partial charge on any atom is 0.226 e. The van der Waals surface area contributed by atoms with Gasteiger partial charge < -0.3 is 5.32 Å². The summed E-state index contributed by atoms with van der Waals surface area (Å²) in [5.74, 6) is 0.175. The Balaban J connectivity index is 4.76. The van der Waals surface area contributed by atoms with Crippen LogP contribution >= 0.6 is 0 Å². The van der Waals surface area contributed by atoms with Crippen molar-refractivity contribution in [3.63, 3.8) is 0 Å². The first-order valence-corrected chi connectivity index (χ1v) is 6.78. The fraction of sp³-hybridized carbons (Fsp3) is 0.933. The van der Waals surface area contributed by atoms with Gasteiger partial charge in [0.25, 0.3) is 0 Å². The van der Waals surface area contributed by atoms with Crippen molar-refractivity contribution < 1.29 is 4.79 Å². The van der Waals surface area contributed by atoms with E-state index in [9.17, 15) is 4.79 Å². The largest absolute Gasteiger partial charge is 0.350 e. The van der Waals surface area contributed by atoms with Crippen molar-refractivity contribution in [1.29, 1.82) is 0 Å². The fourth-order valence-corrected chi connectivity index (χ4v) is 2.03. The van der Waals surface area contributed by atoms with Crippen LogP contribution < -0.4 is 5.32 Å². The van der Waals surface area contributed by atoms with E-state index in [1.54, 1.807) is 0 Å². The van der Waals surface area contributed by atoms with Gasteiger partial charge in [-0.1, -0.05) is 48.5 Å². The van der Waals surface area contributed by atoms with Gasteiger partial charge in [-0.05, 0) is 31.6 Å². The first-order chi connectivity index (χ1) is 7.46. The van der Waals surface area contributed by atoms with E-state index in [4.69, 9.17) is 0 Å². The zero-order chi connectivity index (χ0) is 13.9. The average Bonchev–Trinajstić information content (AvgIpc) is 2.14. The fourth-order valence-electron chi connectivity index (χ4n) is 2.03. The Kier molecular flexibility index (Phi) is 5.24. The summed E-state index contributed by atoms with van der Waals surface area (Å²) in [5, 5.41) is 3.25. The lowest BCUT2D eigenvalue weighted by atomic mass is 9.78. The molecule has 0 rings (SSSR count). The molecule has 2 nitrogen and oxygen atoms in total. The molecule has 0 aromatic carbocycles. The number of amides is 1. The van der Waals surface area contributed by atoms with E-state index in [-0.39, 0.29) is 22.3 Å². The van der Waals surface area contributed by atoms with Gasteiger partial charge in [0.1, 0.15) is 0 Å². The van der Waals surface area contributed by atoms with Gasteiger partial charge in [0.15, 0.2) is 0 Å². The highest BCUT2D eigenvalue weighted by atomic mass is 16.2. The molecule has 1 N–H and O–H groups in total. The maximum atomic E-state index is 12.2. The molecule has 0 aliphatic rings. The monoisotopic (exact) mass is 241 g/mol. The van der Waals surface area contributed by atoms with Gasteiger partial charge in [-0.25, -0.2) is 0 Å². The lowest BCUT2D eigenvalue weighted by molar-refractivity contribution is -0.131. The second-order valence-corrected chi connectivity index (χ2v) is 7.34. The minimum atomic E-state index is -0.270. The molecule has 0 heterocycles. The molecule has 1 atom stereocenters. The van der Waals surface area contributed by atoms with Crippen molar-refractivity contribution in [3.8, 4) is 0 Å². The third-order valence-electron chi connectivity index (χ3n) is 3.61. The minimum absolute atomic E-state index is 0.0955. The van der Waals surface area contributed by atoms with Gasteiger partial charge >= 0.3 is 0 Å². The van der Waals surface area contributed by atoms with Gasteiger partial charge in [0, 0.05) is 11.0 Å². The zero-order valence-electron chi connectivity index (χ0n) is 13.0. The maximum absolute atomic E-state index is 12.2. The number of hydrogen-bond donors (Lipinski definition) is 1. The third kappa shape index (κ3) is 5.56. The smallest absolute Gasteiger partial charge is 0.226 e. The highest BCUT2D eigenvalue weighted by molar-refractivity contribution is 5.82. The zero-order valence-corrected chi connectivity index (χ0v) is 13.0. The van der Waals surface area contributed by atoms with Crippen LogP contribution in [0, 0.1) is 10.8 Å². The summed E-state index contributed by atoms with van der Waals surface area (Å²) in [7, 11) is 0. The van der Waals surface area contributed by atoms with Crippen LogP contribution in [0.25, 0.3) is 0 Å². The van der Waals surface area contributed by atoms with Gasteiger partial charge in [-0.2, -0.15) is 0 Å². The molecular weight excluding hydrogens is 210 g/mol. The first-order valence-electron chi connectivity index (χ1n) is 6.78. The summed E-state index contributed by atoms with van der Waals surface area (Å²) in [4.78, 5) is 12.2. The van der Waals surface area contributed by atoms with Crippen molar-refractivity contribution in [2.45, 2.75) is 80.2 Å². The summed E-state index contributed by atoms with van der Waals surface area (Å²) in [6, 6.07) is 0. The van der Waals surface area contributed by atoms with Crippen LogP contribution in [0.15, 0.2) is 0 Å². The summed E-state index contributed by atoms with van der Waals surface area (Å²) in [5.41, 5.74) is -0.134. The molecule has 0 aliphatic carbocycles. The van der Waals surface area contributed by atoms with Crippen molar-refractivity contribution in [2.24, 2.45) is 10.8 Å². The molecule has 0 saturated heterocycles. The average molecular weight is 241 g/mol. The molecule has 0 fully saturated rings. The predicted octanol–water partition coefficient (Wildman–Crippen LogP) is 4.14. The topological polar surface area (TPSA) is 29.1 Å². The number of carbonyl (C=O) groups excluding carboxylic acids is 1. The van der Waals surface area contributed by atoms with E-state index in [1.807, 2.05) is 13.8 Å². The van der Waals surface area contributed by atoms with E-state index in [0.717, 1.165) is 19.3 Å². The lowest BCUT2D eigenvalue weighted by Crippen LogP contribution is -2.51. The van der Waals surface area contributed by atoms with Crippen LogP contribution in [0.1, 0.15) is 74.7 Å². The van der Waals surface area contributed by atoms with Crippen LogP contribution in [0.2, 0.25) is 0 Å². The number of rotatable bonds is 5. The second-order valence-electron chi connectivity index (χ2n) is 7.34. The molecule has 102 valence electrons. The second kappa shape index (κ2) is 5.41. The van der Waals surface area contributed by atoms with E-state index in [0.29, 0.717) is 0 Å². The summed E-state index contributed by atoms with van der Waals surface area (Å²) in [6.07, 6.45) is 2.84. The van der Waals surface area contributed by atoms with Gasteiger partial charge in [-0.15, -0.1) is 0 Å². The van der Waals surface area contributed by atoms with E-state index in [2.05, 4.69) is 46.9 Å². The Hall–Kier alpha value is -0.530. The quantitative estimate of drug-likeness (QED) is 0.770. The summed E-state index contributed by atoms with van der Waals surface area (Å²) >= 11 is 0. The molecule has 17 heavy (non-hydrogen) atoms. The molecule has 0 spiro atoms. The normalized spacial score (nSPS) is 16.5. The molecular formula is C15H31NO. The number of hydrogen-bond acceptors (Lipinski definition) is 1. The van der Waals surface area contributed by atoms with Gasteiger partial charge in [-0.3, -0.25) is 4.79 Å². The Labute approximate surface area is 108 Å². The molecule has 0 radical (unpaired) electrons. The van der Waals surface area contributed by atoms with Crippen LogP contribution in [0.3, 0.4) is 0 Å². The third-order valence-corrected chi connectivity index (χ3v) is 3.61. The van der Waals surface area contributed by atoms with Gasteiger partial charge in [0.2, 0.25) is 5.91 Å². The molecule has 0 saturated carbocycles. The van der Waals surface area contributed by atoms with Crippen LogP contribution in [0.5, 0.6) is 0 Å².